The minimum absolute atomic E-state index is 0.645. The van der Waals surface area contributed by atoms with E-state index in [-0.39, 0.29) is 0 Å². The standard InChI is InChI=1S/C15H20N2.C14H18N2/c1-10-4-6-14-12(8-10)13-9-11(17(2)3)5-7-15(13)16-14;1-9-3-5-13-11(7-9)12-8-10(15-2)4-6-14(12)16-13/h4,6,8,11,16H,5,7,9H2,1-3H3;3,5,7,10,15-16H,4,6,8H2,1-2H3. The predicted octanol–water partition coefficient (Wildman–Crippen LogP) is 5.45. The van der Waals surface area contributed by atoms with Gasteiger partial charge in [-0.15, -0.1) is 0 Å². The van der Waals surface area contributed by atoms with E-state index in [9.17, 15) is 0 Å². The summed E-state index contributed by atoms with van der Waals surface area (Å²) in [6, 6.07) is 14.8. The summed E-state index contributed by atoms with van der Waals surface area (Å²) < 4.78 is 0. The molecule has 0 bridgehead atoms. The van der Waals surface area contributed by atoms with Crippen molar-refractivity contribution in [2.24, 2.45) is 0 Å². The van der Waals surface area contributed by atoms with Crippen LogP contribution in [0.1, 0.15) is 46.5 Å². The lowest BCUT2D eigenvalue weighted by atomic mass is 9.90. The van der Waals surface area contributed by atoms with Crippen LogP contribution < -0.4 is 5.32 Å². The SMILES string of the molecule is CNC1CCc2[nH]c3ccc(C)cc3c2C1.Cc1ccc2[nH]c3c(c2c1)CC(N(C)C)CC3. The summed E-state index contributed by atoms with van der Waals surface area (Å²) in [4.78, 5) is 9.50. The first-order chi connectivity index (χ1) is 15.9. The monoisotopic (exact) mass is 442 g/mol. The Morgan fingerprint density at radius 1 is 0.788 bits per heavy atom. The fraction of sp³-hybridized carbons (Fsp3) is 0.448. The van der Waals surface area contributed by atoms with Gasteiger partial charge in [-0.05, 0) is 109 Å². The molecule has 4 heteroatoms. The molecule has 2 aliphatic rings. The molecule has 6 rings (SSSR count). The van der Waals surface area contributed by atoms with Crippen molar-refractivity contribution >= 4 is 21.8 Å². The molecular weight excluding hydrogens is 404 g/mol. The second kappa shape index (κ2) is 9.00. The molecule has 2 aromatic carbocycles. The molecule has 4 aromatic rings. The Labute approximate surface area is 197 Å². The lowest BCUT2D eigenvalue weighted by Crippen LogP contribution is -2.33. The molecule has 3 N–H and O–H groups in total. The number of rotatable bonds is 2. The Morgan fingerprint density at radius 3 is 1.88 bits per heavy atom. The zero-order chi connectivity index (χ0) is 23.1. The molecular formula is C29H38N4. The number of hydrogen-bond acceptors (Lipinski definition) is 2. The highest BCUT2D eigenvalue weighted by Crippen LogP contribution is 2.31. The molecule has 2 atom stereocenters. The first-order valence-corrected chi connectivity index (χ1v) is 12.5. The summed E-state index contributed by atoms with van der Waals surface area (Å²) >= 11 is 0. The largest absolute Gasteiger partial charge is 0.358 e. The molecule has 174 valence electrons. The quantitative estimate of drug-likeness (QED) is 0.387. The fourth-order valence-corrected chi connectivity index (χ4v) is 5.73. The van der Waals surface area contributed by atoms with Crippen LogP contribution in [0.15, 0.2) is 36.4 Å². The van der Waals surface area contributed by atoms with E-state index in [1.54, 1.807) is 5.56 Å². The summed E-state index contributed by atoms with van der Waals surface area (Å²) in [5.41, 5.74) is 11.3. The Kier molecular flexibility index (Phi) is 6.07. The average molecular weight is 443 g/mol. The molecule has 2 aromatic heterocycles. The van der Waals surface area contributed by atoms with Crippen LogP contribution in [0.5, 0.6) is 0 Å². The third-order valence-electron chi connectivity index (χ3n) is 7.80. The van der Waals surface area contributed by atoms with Crippen molar-refractivity contribution < 1.29 is 0 Å². The molecule has 0 fully saturated rings. The second-order valence-corrected chi connectivity index (χ2v) is 10.4. The maximum absolute atomic E-state index is 3.58. The van der Waals surface area contributed by atoms with E-state index in [0.717, 1.165) is 6.42 Å². The minimum atomic E-state index is 0.645. The molecule has 2 heterocycles. The number of hydrogen-bond donors (Lipinski definition) is 3. The Morgan fingerprint density at radius 2 is 1.33 bits per heavy atom. The Balaban J connectivity index is 0.000000139. The van der Waals surface area contributed by atoms with Crippen molar-refractivity contribution in [2.75, 3.05) is 21.1 Å². The topological polar surface area (TPSA) is 46.9 Å². The van der Waals surface area contributed by atoms with Gasteiger partial charge in [0.05, 0.1) is 0 Å². The summed E-state index contributed by atoms with van der Waals surface area (Å²) in [5, 5.41) is 6.26. The van der Waals surface area contributed by atoms with E-state index >= 15 is 0 Å². The van der Waals surface area contributed by atoms with Crippen LogP contribution in [0.4, 0.5) is 0 Å². The van der Waals surface area contributed by atoms with E-state index in [1.807, 2.05) is 0 Å². The van der Waals surface area contributed by atoms with E-state index in [4.69, 9.17) is 0 Å². The van der Waals surface area contributed by atoms with Gasteiger partial charge in [0.1, 0.15) is 0 Å². The summed E-state index contributed by atoms with van der Waals surface area (Å²) in [5.74, 6) is 0. The molecule has 0 amide bonds. The maximum atomic E-state index is 3.58. The number of aromatic nitrogens is 2. The van der Waals surface area contributed by atoms with Crippen LogP contribution in [0.2, 0.25) is 0 Å². The number of fused-ring (bicyclic) bond motifs is 6. The van der Waals surface area contributed by atoms with Gasteiger partial charge in [0.25, 0.3) is 0 Å². The van der Waals surface area contributed by atoms with Crippen molar-refractivity contribution in [1.82, 2.24) is 20.2 Å². The van der Waals surface area contributed by atoms with Gasteiger partial charge in [0.15, 0.2) is 0 Å². The lowest BCUT2D eigenvalue weighted by Gasteiger charge is -2.28. The molecule has 4 nitrogen and oxygen atoms in total. The normalized spacial score (nSPS) is 19.9. The predicted molar refractivity (Wildman–Crippen MR) is 140 cm³/mol. The number of aryl methyl sites for hydroxylation is 4. The van der Waals surface area contributed by atoms with Gasteiger partial charge in [-0.3, -0.25) is 0 Å². The molecule has 33 heavy (non-hydrogen) atoms. The number of H-pyrrole nitrogens is 2. The minimum Gasteiger partial charge on any atom is -0.358 e. The van der Waals surface area contributed by atoms with Gasteiger partial charge in [-0.25, -0.2) is 0 Å². The third kappa shape index (κ3) is 4.34. The first-order valence-electron chi connectivity index (χ1n) is 12.5. The number of likely N-dealkylation sites (N-methyl/N-ethyl adjacent to an activating group) is 2. The summed E-state index contributed by atoms with van der Waals surface area (Å²) in [6.07, 6.45) is 7.22. The summed E-state index contributed by atoms with van der Waals surface area (Å²) in [7, 11) is 6.45. The van der Waals surface area contributed by atoms with Crippen LogP contribution in [0.3, 0.4) is 0 Å². The van der Waals surface area contributed by atoms with Gasteiger partial charge in [0.2, 0.25) is 0 Å². The van der Waals surface area contributed by atoms with Crippen LogP contribution in [-0.2, 0) is 25.7 Å². The smallest absolute Gasteiger partial charge is 0.0459 e. The fourth-order valence-electron chi connectivity index (χ4n) is 5.73. The molecule has 0 spiro atoms. The number of nitrogens with one attached hydrogen (secondary N) is 3. The van der Waals surface area contributed by atoms with Crippen LogP contribution in [-0.4, -0.2) is 48.1 Å². The lowest BCUT2D eigenvalue weighted by molar-refractivity contribution is 0.268. The number of nitrogens with zero attached hydrogens (tertiary/aromatic N) is 1. The highest BCUT2D eigenvalue weighted by molar-refractivity contribution is 5.86. The third-order valence-corrected chi connectivity index (χ3v) is 7.80. The van der Waals surface area contributed by atoms with Gasteiger partial charge in [0, 0.05) is 45.3 Å². The van der Waals surface area contributed by atoms with Crippen LogP contribution in [0.25, 0.3) is 21.8 Å². The Bertz CT molecular complexity index is 1280. The van der Waals surface area contributed by atoms with Crippen molar-refractivity contribution in [2.45, 2.75) is 64.5 Å². The van der Waals surface area contributed by atoms with E-state index in [2.05, 4.69) is 91.6 Å². The molecule has 2 unspecified atom stereocenters. The molecule has 0 saturated carbocycles. The number of benzene rings is 2. The van der Waals surface area contributed by atoms with Gasteiger partial charge < -0.3 is 20.2 Å². The van der Waals surface area contributed by atoms with Gasteiger partial charge >= 0.3 is 0 Å². The van der Waals surface area contributed by atoms with Crippen molar-refractivity contribution in [3.8, 4) is 0 Å². The summed E-state index contributed by atoms with van der Waals surface area (Å²) in [6.45, 7) is 4.34. The van der Waals surface area contributed by atoms with E-state index in [0.29, 0.717) is 12.1 Å². The van der Waals surface area contributed by atoms with Gasteiger partial charge in [-0.1, -0.05) is 23.3 Å². The molecule has 2 aliphatic carbocycles. The van der Waals surface area contributed by atoms with Crippen molar-refractivity contribution in [3.05, 3.63) is 70.0 Å². The highest BCUT2D eigenvalue weighted by Gasteiger charge is 2.23. The molecule has 0 aliphatic heterocycles. The number of aromatic amines is 2. The zero-order valence-corrected chi connectivity index (χ0v) is 20.8. The zero-order valence-electron chi connectivity index (χ0n) is 20.8. The van der Waals surface area contributed by atoms with Crippen LogP contribution >= 0.6 is 0 Å². The first kappa shape index (κ1) is 22.2. The Hall–Kier alpha value is -2.56. The maximum Gasteiger partial charge on any atom is 0.0459 e. The van der Waals surface area contributed by atoms with Crippen molar-refractivity contribution in [3.63, 3.8) is 0 Å². The van der Waals surface area contributed by atoms with E-state index in [1.165, 1.54) is 82.0 Å². The molecule has 0 saturated heterocycles. The van der Waals surface area contributed by atoms with Crippen molar-refractivity contribution in [1.29, 1.82) is 0 Å². The van der Waals surface area contributed by atoms with Gasteiger partial charge in [-0.2, -0.15) is 0 Å². The highest BCUT2D eigenvalue weighted by atomic mass is 15.1. The van der Waals surface area contributed by atoms with Crippen LogP contribution in [0, 0.1) is 13.8 Å². The average Bonchev–Trinajstić information content (AvgIpc) is 3.36. The van der Waals surface area contributed by atoms with E-state index < -0.39 is 0 Å². The molecule has 0 radical (unpaired) electrons. The second-order valence-electron chi connectivity index (χ2n) is 10.4.